The maximum Gasteiger partial charge on any atom is 0.230 e. The first-order valence-electron chi connectivity index (χ1n) is 12.2. The van der Waals surface area contributed by atoms with E-state index in [9.17, 15) is 5.11 Å². The van der Waals surface area contributed by atoms with Crippen LogP contribution in [0.3, 0.4) is 0 Å². The van der Waals surface area contributed by atoms with Crippen LogP contribution in [0.2, 0.25) is 0 Å². The Morgan fingerprint density at radius 2 is 1.56 bits per heavy atom. The zero-order chi connectivity index (χ0) is 28.5. The third-order valence-electron chi connectivity index (χ3n) is 5.88. The minimum Gasteiger partial charge on any atom is -0.494 e. The molecule has 12 nitrogen and oxygen atoms in total. The molecule has 0 amide bonds. The van der Waals surface area contributed by atoms with Gasteiger partial charge in [0.2, 0.25) is 11.7 Å². The molecule has 0 bridgehead atoms. The standard InChI is InChI=1S/C27H37N7O5/c1-9-24(35)30-18-14-19(21(36-5)15-20(18)34(4)11-10-33(2)3)31-27-29-16-28-26(32-27)17-12-22(37-6)25(39-8)23(13-17)38-7/h9,12-16,24,30,35H,1,10-11H2,2-8H3,(H,28,29,31,32). The molecule has 0 radical (unpaired) electrons. The molecule has 39 heavy (non-hydrogen) atoms. The fraction of sp³-hybridized carbons (Fsp3) is 0.370. The van der Waals surface area contributed by atoms with Gasteiger partial charge in [0.15, 0.2) is 17.3 Å². The van der Waals surface area contributed by atoms with Gasteiger partial charge < -0.3 is 44.5 Å². The van der Waals surface area contributed by atoms with Crippen LogP contribution in [0, 0.1) is 0 Å². The van der Waals surface area contributed by atoms with E-state index in [0.717, 1.165) is 18.8 Å². The summed E-state index contributed by atoms with van der Waals surface area (Å²) in [5, 5.41) is 16.5. The Hall–Kier alpha value is -4.29. The summed E-state index contributed by atoms with van der Waals surface area (Å²) in [6.07, 6.45) is 1.87. The van der Waals surface area contributed by atoms with Gasteiger partial charge >= 0.3 is 0 Å². The summed E-state index contributed by atoms with van der Waals surface area (Å²) >= 11 is 0. The average molecular weight is 540 g/mol. The van der Waals surface area contributed by atoms with E-state index >= 15 is 0 Å². The number of nitrogens with zero attached hydrogens (tertiary/aromatic N) is 5. The fourth-order valence-corrected chi connectivity index (χ4v) is 3.78. The highest BCUT2D eigenvalue weighted by Gasteiger charge is 2.18. The number of nitrogens with one attached hydrogen (secondary N) is 2. The topological polar surface area (TPSA) is 126 Å². The van der Waals surface area contributed by atoms with Crippen LogP contribution in [-0.2, 0) is 0 Å². The molecule has 0 aliphatic rings. The zero-order valence-corrected chi connectivity index (χ0v) is 23.5. The third-order valence-corrected chi connectivity index (χ3v) is 5.88. The third kappa shape index (κ3) is 7.18. The van der Waals surface area contributed by atoms with Crippen LogP contribution in [0.1, 0.15) is 0 Å². The minimum absolute atomic E-state index is 0.288. The van der Waals surface area contributed by atoms with E-state index in [-0.39, 0.29) is 5.95 Å². The van der Waals surface area contributed by atoms with Crippen LogP contribution in [-0.4, -0.2) is 93.9 Å². The van der Waals surface area contributed by atoms with Crippen LogP contribution in [0.4, 0.5) is 23.0 Å². The number of rotatable bonds is 14. The summed E-state index contributed by atoms with van der Waals surface area (Å²) in [6.45, 7) is 5.26. The van der Waals surface area contributed by atoms with Crippen molar-refractivity contribution in [1.82, 2.24) is 19.9 Å². The Morgan fingerprint density at radius 3 is 2.13 bits per heavy atom. The van der Waals surface area contributed by atoms with Gasteiger partial charge in [-0.1, -0.05) is 6.58 Å². The molecule has 0 saturated carbocycles. The first-order chi connectivity index (χ1) is 18.7. The smallest absolute Gasteiger partial charge is 0.230 e. The molecule has 3 aromatic rings. The number of hydrogen-bond donors (Lipinski definition) is 3. The van der Waals surface area contributed by atoms with Gasteiger partial charge in [-0.3, -0.25) is 0 Å². The van der Waals surface area contributed by atoms with Crippen LogP contribution in [0.15, 0.2) is 43.2 Å². The summed E-state index contributed by atoms with van der Waals surface area (Å²) in [5.41, 5.74) is 2.75. The van der Waals surface area contributed by atoms with Gasteiger partial charge in [0, 0.05) is 31.8 Å². The fourth-order valence-electron chi connectivity index (χ4n) is 3.78. The number of likely N-dealkylation sites (N-methyl/N-ethyl adjacent to an activating group) is 2. The number of benzene rings is 2. The maximum absolute atomic E-state index is 10.3. The molecule has 1 heterocycles. The molecule has 3 N–H and O–H groups in total. The van der Waals surface area contributed by atoms with Gasteiger partial charge in [-0.15, -0.1) is 0 Å². The Labute approximate surface area is 229 Å². The Balaban J connectivity index is 2.01. The predicted molar refractivity (Wildman–Crippen MR) is 153 cm³/mol. The van der Waals surface area contributed by atoms with Crippen molar-refractivity contribution in [2.45, 2.75) is 6.23 Å². The Morgan fingerprint density at radius 1 is 0.897 bits per heavy atom. The van der Waals surface area contributed by atoms with Crippen molar-refractivity contribution in [2.24, 2.45) is 0 Å². The normalized spacial score (nSPS) is 11.5. The maximum atomic E-state index is 10.3. The second-order valence-corrected chi connectivity index (χ2v) is 8.79. The highest BCUT2D eigenvalue weighted by atomic mass is 16.5. The van der Waals surface area contributed by atoms with Crippen LogP contribution < -0.4 is 34.5 Å². The summed E-state index contributed by atoms with van der Waals surface area (Å²) in [4.78, 5) is 17.4. The lowest BCUT2D eigenvalue weighted by Gasteiger charge is -2.27. The number of anilines is 4. The van der Waals surface area contributed by atoms with Gasteiger partial charge in [0.1, 0.15) is 18.3 Å². The lowest BCUT2D eigenvalue weighted by Crippen LogP contribution is -2.29. The quantitative estimate of drug-likeness (QED) is 0.206. The molecule has 0 fully saturated rings. The summed E-state index contributed by atoms with van der Waals surface area (Å²) in [5.74, 6) is 2.68. The Bertz CT molecular complexity index is 1250. The average Bonchev–Trinajstić information content (AvgIpc) is 2.95. The van der Waals surface area contributed by atoms with Crippen molar-refractivity contribution < 1.29 is 24.1 Å². The lowest BCUT2D eigenvalue weighted by molar-refractivity contribution is 0.253. The summed E-state index contributed by atoms with van der Waals surface area (Å²) < 4.78 is 22.0. The van der Waals surface area contributed by atoms with Gasteiger partial charge in [0.05, 0.1) is 45.5 Å². The second-order valence-electron chi connectivity index (χ2n) is 8.79. The first kappa shape index (κ1) is 29.3. The van der Waals surface area contributed by atoms with E-state index < -0.39 is 6.23 Å². The highest BCUT2D eigenvalue weighted by Crippen LogP contribution is 2.41. The number of hydrogen-bond acceptors (Lipinski definition) is 12. The number of methoxy groups -OCH3 is 4. The zero-order valence-electron chi connectivity index (χ0n) is 23.5. The van der Waals surface area contributed by atoms with Crippen LogP contribution in [0.25, 0.3) is 11.4 Å². The summed E-state index contributed by atoms with van der Waals surface area (Å²) in [7, 11) is 12.2. The second kappa shape index (κ2) is 13.5. The van der Waals surface area contributed by atoms with E-state index in [4.69, 9.17) is 18.9 Å². The molecule has 210 valence electrons. The van der Waals surface area contributed by atoms with Crippen molar-refractivity contribution in [3.63, 3.8) is 0 Å². The first-order valence-corrected chi connectivity index (χ1v) is 12.2. The number of aliphatic hydroxyl groups excluding tert-OH is 1. The molecule has 0 saturated heterocycles. The minimum atomic E-state index is -0.948. The van der Waals surface area contributed by atoms with Gasteiger partial charge in [-0.2, -0.15) is 4.98 Å². The molecule has 2 aromatic carbocycles. The highest BCUT2D eigenvalue weighted by molar-refractivity contribution is 5.81. The monoisotopic (exact) mass is 539 g/mol. The lowest BCUT2D eigenvalue weighted by atomic mass is 10.1. The van der Waals surface area contributed by atoms with E-state index in [0.29, 0.717) is 45.8 Å². The van der Waals surface area contributed by atoms with Crippen molar-refractivity contribution in [3.05, 3.63) is 43.2 Å². The molecule has 1 unspecified atom stereocenters. The van der Waals surface area contributed by atoms with Gasteiger partial charge in [-0.05, 0) is 38.4 Å². The van der Waals surface area contributed by atoms with E-state index in [1.54, 1.807) is 40.6 Å². The number of ether oxygens (including phenoxy) is 4. The van der Waals surface area contributed by atoms with E-state index in [2.05, 4.69) is 42.0 Å². The van der Waals surface area contributed by atoms with Crippen molar-refractivity contribution in [3.8, 4) is 34.4 Å². The van der Waals surface area contributed by atoms with Crippen LogP contribution >= 0.6 is 0 Å². The van der Waals surface area contributed by atoms with E-state index in [1.165, 1.54) is 12.4 Å². The van der Waals surface area contributed by atoms with Gasteiger partial charge in [0.25, 0.3) is 0 Å². The molecule has 1 atom stereocenters. The largest absolute Gasteiger partial charge is 0.494 e. The number of aromatic nitrogens is 3. The molecule has 0 spiro atoms. The molecule has 0 aliphatic carbocycles. The summed E-state index contributed by atoms with van der Waals surface area (Å²) in [6, 6.07) is 7.24. The van der Waals surface area contributed by atoms with Crippen LogP contribution in [0.5, 0.6) is 23.0 Å². The molecule has 3 rings (SSSR count). The van der Waals surface area contributed by atoms with E-state index in [1.807, 2.05) is 33.3 Å². The molecular formula is C27H37N7O5. The van der Waals surface area contributed by atoms with Crippen molar-refractivity contribution >= 4 is 23.0 Å². The molecule has 0 aliphatic heterocycles. The van der Waals surface area contributed by atoms with Crippen molar-refractivity contribution in [1.29, 1.82) is 0 Å². The van der Waals surface area contributed by atoms with Crippen molar-refractivity contribution in [2.75, 3.05) is 78.2 Å². The molecular weight excluding hydrogens is 502 g/mol. The predicted octanol–water partition coefficient (Wildman–Crippen LogP) is 3.23. The SMILES string of the molecule is C=CC(O)Nc1cc(Nc2ncnc(-c3cc(OC)c(OC)c(OC)c3)n2)c(OC)cc1N(C)CCN(C)C. The number of aliphatic hydroxyl groups is 1. The van der Waals surface area contributed by atoms with Gasteiger partial charge in [-0.25, -0.2) is 9.97 Å². The Kier molecular flexibility index (Phi) is 10.1. The molecule has 1 aromatic heterocycles. The molecule has 12 heteroatoms.